The van der Waals surface area contributed by atoms with Crippen LogP contribution in [-0.2, 0) is 5.60 Å². The summed E-state index contributed by atoms with van der Waals surface area (Å²) in [6.07, 6.45) is 7.40. The number of hydrogen-bond acceptors (Lipinski definition) is 2. The summed E-state index contributed by atoms with van der Waals surface area (Å²) < 4.78 is 0. The average Bonchev–Trinajstić information content (AvgIpc) is 3.01. The smallest absolute Gasteiger partial charge is 0.0909 e. The lowest BCUT2D eigenvalue weighted by Crippen LogP contribution is -2.22. The van der Waals surface area contributed by atoms with Crippen LogP contribution in [-0.4, -0.2) is 15.3 Å². The third-order valence-electron chi connectivity index (χ3n) is 5.04. The quantitative estimate of drug-likeness (QED) is 0.836. The number of nitrogens with zero attached hydrogens (tertiary/aromatic N) is 1. The summed E-state index contributed by atoms with van der Waals surface area (Å²) in [5.74, 6) is 1.37. The van der Waals surface area contributed by atoms with E-state index in [9.17, 15) is 5.11 Å². The van der Waals surface area contributed by atoms with E-state index in [-0.39, 0.29) is 0 Å². The zero-order chi connectivity index (χ0) is 13.0. The largest absolute Gasteiger partial charge is 0.385 e. The van der Waals surface area contributed by atoms with Gasteiger partial charge in [0.2, 0.25) is 0 Å². The number of aliphatic hydroxyl groups is 1. The fourth-order valence-corrected chi connectivity index (χ4v) is 4.44. The molecule has 100 valence electrons. The molecule has 0 saturated heterocycles. The standard InChI is InChI=1S/C15H17ClN2O/c16-11-4-13(12-8-17-18-14(12)5-11)15(19)6-9-2-1-3-10(9)7-15/h4-5,8-10,19H,1-3,6-7H2,(H,17,18)/t9-,10+,15+. The van der Waals surface area contributed by atoms with Crippen molar-refractivity contribution in [1.29, 1.82) is 0 Å². The lowest BCUT2D eigenvalue weighted by Gasteiger charge is -2.25. The highest BCUT2D eigenvalue weighted by Crippen LogP contribution is 2.53. The number of aromatic amines is 1. The molecule has 1 heterocycles. The van der Waals surface area contributed by atoms with Gasteiger partial charge < -0.3 is 5.11 Å². The van der Waals surface area contributed by atoms with Crippen molar-refractivity contribution in [3.8, 4) is 0 Å². The van der Waals surface area contributed by atoms with Crippen LogP contribution >= 0.6 is 11.6 Å². The molecule has 2 saturated carbocycles. The molecule has 0 radical (unpaired) electrons. The van der Waals surface area contributed by atoms with Crippen LogP contribution in [0.25, 0.3) is 10.9 Å². The molecule has 2 aromatic rings. The number of H-pyrrole nitrogens is 1. The van der Waals surface area contributed by atoms with Crippen molar-refractivity contribution in [2.24, 2.45) is 11.8 Å². The second-order valence-corrected chi connectivity index (χ2v) is 6.61. The summed E-state index contributed by atoms with van der Waals surface area (Å²) in [6, 6.07) is 3.78. The Morgan fingerprint density at radius 2 is 2.00 bits per heavy atom. The zero-order valence-electron chi connectivity index (χ0n) is 10.7. The second-order valence-electron chi connectivity index (χ2n) is 6.18. The molecule has 2 fully saturated rings. The monoisotopic (exact) mass is 276 g/mol. The van der Waals surface area contributed by atoms with Crippen molar-refractivity contribution >= 4 is 22.5 Å². The molecule has 4 heteroatoms. The molecule has 19 heavy (non-hydrogen) atoms. The topological polar surface area (TPSA) is 48.9 Å². The van der Waals surface area contributed by atoms with Crippen molar-refractivity contribution in [3.05, 3.63) is 28.9 Å². The van der Waals surface area contributed by atoms with E-state index in [0.29, 0.717) is 16.9 Å². The Bertz CT molecular complexity index is 624. The van der Waals surface area contributed by atoms with E-state index in [4.69, 9.17) is 11.6 Å². The molecule has 3 atom stereocenters. The predicted molar refractivity (Wildman–Crippen MR) is 75.1 cm³/mol. The second kappa shape index (κ2) is 3.97. The van der Waals surface area contributed by atoms with Gasteiger partial charge in [0.25, 0.3) is 0 Å². The van der Waals surface area contributed by atoms with Crippen LogP contribution < -0.4 is 0 Å². The molecule has 3 nitrogen and oxygen atoms in total. The summed E-state index contributed by atoms with van der Waals surface area (Å²) in [6.45, 7) is 0. The molecule has 2 aliphatic carbocycles. The first kappa shape index (κ1) is 11.7. The average molecular weight is 277 g/mol. The van der Waals surface area contributed by atoms with E-state index >= 15 is 0 Å². The van der Waals surface area contributed by atoms with E-state index < -0.39 is 5.60 Å². The van der Waals surface area contributed by atoms with Crippen LogP contribution in [0.4, 0.5) is 0 Å². The minimum Gasteiger partial charge on any atom is -0.385 e. The van der Waals surface area contributed by atoms with Gasteiger partial charge in [0.1, 0.15) is 0 Å². The van der Waals surface area contributed by atoms with Crippen molar-refractivity contribution in [3.63, 3.8) is 0 Å². The summed E-state index contributed by atoms with van der Waals surface area (Å²) in [4.78, 5) is 0. The van der Waals surface area contributed by atoms with E-state index in [1.54, 1.807) is 6.20 Å². The molecule has 2 aliphatic rings. The highest BCUT2D eigenvalue weighted by Gasteiger charge is 2.47. The first-order valence-electron chi connectivity index (χ1n) is 7.01. The highest BCUT2D eigenvalue weighted by molar-refractivity contribution is 6.31. The van der Waals surface area contributed by atoms with Crippen LogP contribution in [0.15, 0.2) is 18.3 Å². The molecule has 1 aromatic carbocycles. The summed E-state index contributed by atoms with van der Waals surface area (Å²) in [5, 5.41) is 19.8. The highest BCUT2D eigenvalue weighted by atomic mass is 35.5. The predicted octanol–water partition coefficient (Wildman–Crippen LogP) is 3.61. The number of halogens is 1. The van der Waals surface area contributed by atoms with E-state index in [1.165, 1.54) is 19.3 Å². The van der Waals surface area contributed by atoms with Crippen LogP contribution in [0.2, 0.25) is 5.02 Å². The molecular formula is C15H17ClN2O. The lowest BCUT2D eigenvalue weighted by atomic mass is 9.87. The Morgan fingerprint density at radius 1 is 1.26 bits per heavy atom. The number of nitrogens with one attached hydrogen (secondary N) is 1. The van der Waals surface area contributed by atoms with Gasteiger partial charge in [0.05, 0.1) is 17.3 Å². The molecule has 0 aliphatic heterocycles. The first-order chi connectivity index (χ1) is 9.16. The number of rotatable bonds is 1. The number of aromatic nitrogens is 2. The lowest BCUT2D eigenvalue weighted by molar-refractivity contribution is 0.0366. The number of fused-ring (bicyclic) bond motifs is 2. The van der Waals surface area contributed by atoms with Gasteiger partial charge in [-0.25, -0.2) is 0 Å². The number of hydrogen-bond donors (Lipinski definition) is 2. The fourth-order valence-electron chi connectivity index (χ4n) is 4.22. The minimum absolute atomic E-state index is 0.664. The maximum Gasteiger partial charge on any atom is 0.0909 e. The molecule has 2 N–H and O–H groups in total. The van der Waals surface area contributed by atoms with Gasteiger partial charge in [-0.1, -0.05) is 30.9 Å². The van der Waals surface area contributed by atoms with E-state index in [1.807, 2.05) is 12.1 Å². The Kier molecular flexibility index (Phi) is 2.45. The van der Waals surface area contributed by atoms with Crippen LogP contribution in [0.1, 0.15) is 37.7 Å². The molecule has 0 unspecified atom stereocenters. The van der Waals surface area contributed by atoms with Gasteiger partial charge in [-0.15, -0.1) is 0 Å². The van der Waals surface area contributed by atoms with Crippen molar-refractivity contribution in [2.75, 3.05) is 0 Å². The molecule has 0 bridgehead atoms. The normalized spacial score (nSPS) is 34.0. The van der Waals surface area contributed by atoms with E-state index in [0.717, 1.165) is 29.3 Å². The van der Waals surface area contributed by atoms with Gasteiger partial charge in [-0.3, -0.25) is 5.10 Å². The Balaban J connectivity index is 1.83. The third-order valence-corrected chi connectivity index (χ3v) is 5.26. The molecular weight excluding hydrogens is 260 g/mol. The maximum absolute atomic E-state index is 11.1. The minimum atomic E-state index is -0.719. The molecule has 0 spiro atoms. The van der Waals surface area contributed by atoms with Crippen LogP contribution in [0.3, 0.4) is 0 Å². The van der Waals surface area contributed by atoms with Crippen LogP contribution in [0.5, 0.6) is 0 Å². The zero-order valence-corrected chi connectivity index (χ0v) is 11.5. The summed E-state index contributed by atoms with van der Waals surface area (Å²) in [7, 11) is 0. The van der Waals surface area contributed by atoms with Crippen molar-refractivity contribution in [2.45, 2.75) is 37.7 Å². The summed E-state index contributed by atoms with van der Waals surface area (Å²) >= 11 is 6.18. The van der Waals surface area contributed by atoms with E-state index in [2.05, 4.69) is 10.2 Å². The van der Waals surface area contributed by atoms with Gasteiger partial charge >= 0.3 is 0 Å². The molecule has 4 rings (SSSR count). The van der Waals surface area contributed by atoms with Gasteiger partial charge in [0.15, 0.2) is 0 Å². The van der Waals surface area contributed by atoms with Gasteiger partial charge in [0, 0.05) is 10.4 Å². The third kappa shape index (κ3) is 1.72. The Morgan fingerprint density at radius 3 is 2.74 bits per heavy atom. The SMILES string of the molecule is O[C@@]1(c2cc(Cl)cc3[nH]ncc23)C[C@H]2CCC[C@H]2C1. The molecule has 1 aromatic heterocycles. The maximum atomic E-state index is 11.1. The van der Waals surface area contributed by atoms with Crippen molar-refractivity contribution < 1.29 is 5.11 Å². The first-order valence-corrected chi connectivity index (χ1v) is 7.39. The van der Waals surface area contributed by atoms with Crippen molar-refractivity contribution in [1.82, 2.24) is 10.2 Å². The molecule has 0 amide bonds. The van der Waals surface area contributed by atoms with Gasteiger partial charge in [-0.2, -0.15) is 5.10 Å². The number of benzene rings is 1. The van der Waals surface area contributed by atoms with Gasteiger partial charge in [-0.05, 0) is 42.4 Å². The fraction of sp³-hybridized carbons (Fsp3) is 0.533. The van der Waals surface area contributed by atoms with Crippen LogP contribution in [0, 0.1) is 11.8 Å². The summed E-state index contributed by atoms with van der Waals surface area (Å²) in [5.41, 5.74) is 1.15. The Hall–Kier alpha value is -1.06. The Labute approximate surface area is 117 Å².